The Balaban J connectivity index is -0.000000297. The Morgan fingerprint density at radius 3 is 1.26 bits per heavy atom. The van der Waals surface area contributed by atoms with Gasteiger partial charge in [0.2, 0.25) is 0 Å². The molecule has 0 amide bonds. The Hall–Kier alpha value is 0.439. The molecule has 0 aromatic heterocycles. The van der Waals surface area contributed by atoms with Crippen molar-refractivity contribution < 1.29 is 19.8 Å². The number of aliphatic carboxylic acids is 2. The van der Waals surface area contributed by atoms with Crippen LogP contribution in [0.5, 0.6) is 0 Å². The topological polar surface area (TPSA) is 80.3 Å². The summed E-state index contributed by atoms with van der Waals surface area (Å²) in [7, 11) is 0. The maximum absolute atomic E-state index is 10.1. The number of hydrogen-bond donors (Lipinski definition) is 2. The Bertz CT molecular complexity index is 253. The fraction of sp³-hybridized carbons (Fsp3) is 0.875. The van der Waals surface area contributed by atoms with Crippen LogP contribution < -0.4 is 10.2 Å². The zero-order valence-corrected chi connectivity index (χ0v) is 19.5. The third-order valence-electron chi connectivity index (χ3n) is 2.71. The van der Waals surface area contributed by atoms with Crippen LogP contribution in [0.25, 0.3) is 0 Å². The van der Waals surface area contributed by atoms with E-state index in [9.17, 15) is 19.8 Å². The molecule has 0 aliphatic rings. The summed E-state index contributed by atoms with van der Waals surface area (Å²) in [6.07, 6.45) is 7.46. The van der Waals surface area contributed by atoms with Crippen LogP contribution in [0, 0.1) is 0 Å². The minimum atomic E-state index is -1.06. The summed E-state index contributed by atoms with van der Waals surface area (Å²) in [6.45, 7) is 4.15. The van der Waals surface area contributed by atoms with E-state index >= 15 is 0 Å². The second-order valence-corrected chi connectivity index (χ2v) is 9.26. The number of hydrogen-bond acceptors (Lipinski definition) is 6. The van der Waals surface area contributed by atoms with Crippen molar-refractivity contribution >= 4 is 58.3 Å². The van der Waals surface area contributed by atoms with Crippen molar-refractivity contribution in [2.24, 2.45) is 0 Å². The van der Waals surface area contributed by atoms with Gasteiger partial charge in [0.25, 0.3) is 0 Å². The van der Waals surface area contributed by atoms with Crippen LogP contribution in [-0.2, 0) is 9.59 Å². The molecule has 23 heavy (non-hydrogen) atoms. The molecule has 136 valence electrons. The first-order valence-electron chi connectivity index (χ1n) is 8.14. The van der Waals surface area contributed by atoms with Crippen LogP contribution in [-0.4, -0.2) is 43.6 Å². The molecule has 0 fully saturated rings. The maximum atomic E-state index is 10.1. The first-order chi connectivity index (χ1) is 10.8. The molecule has 4 nitrogen and oxygen atoms in total. The van der Waals surface area contributed by atoms with Crippen molar-refractivity contribution in [2.75, 3.05) is 0 Å². The van der Waals surface area contributed by atoms with Gasteiger partial charge in [-0.3, -0.25) is 0 Å². The number of carboxylic acids is 2. The van der Waals surface area contributed by atoms with E-state index in [4.69, 9.17) is 0 Å². The monoisotopic (exact) mass is 472 g/mol. The van der Waals surface area contributed by atoms with Gasteiger partial charge >= 0.3 is 31.0 Å². The fourth-order valence-electron chi connectivity index (χ4n) is 1.41. The molecule has 0 heterocycles. The van der Waals surface area contributed by atoms with Crippen LogP contribution in [0.1, 0.15) is 65.2 Å². The molecule has 7 heteroatoms. The number of rotatable bonds is 10. The Kier molecular flexibility index (Phi) is 27.6. The molecule has 0 radical (unpaired) electrons. The summed E-state index contributed by atoms with van der Waals surface area (Å²) >= 11 is 7.90. The quantitative estimate of drug-likeness (QED) is 0.290. The average molecular weight is 471 g/mol. The van der Waals surface area contributed by atoms with Gasteiger partial charge in [0.05, 0.1) is 11.9 Å². The summed E-state index contributed by atoms with van der Waals surface area (Å²) in [5.74, 6) is -2.11. The number of unbranched alkanes of at least 4 members (excludes halogenated alkanes) is 4. The molecule has 0 aromatic carbocycles. The molecule has 2 unspecified atom stereocenters. The molecule has 0 bridgehead atoms. The minimum absolute atomic E-state index is 0.230. The summed E-state index contributed by atoms with van der Waals surface area (Å²) in [6, 6.07) is 0. The predicted molar refractivity (Wildman–Crippen MR) is 101 cm³/mol. The van der Waals surface area contributed by atoms with E-state index in [0.29, 0.717) is 12.8 Å². The molecule has 0 aromatic rings. The standard InChI is InChI=1S/2C7H14O2S.2CH3.Sn/c2*1-2-3-4-5-6(10)7(8)9;;;/h2*6,10H,2-5H2,1H3,(H,8,9);2*1H3;/q;;;;+2/p-2. The normalized spacial score (nSPS) is 11.7. The molecule has 0 aliphatic carbocycles. The molecule has 0 N–H and O–H groups in total. The predicted octanol–water partition coefficient (Wildman–Crippen LogP) is 2.02. The van der Waals surface area contributed by atoms with Crippen LogP contribution in [0.15, 0.2) is 0 Å². The first-order valence-corrected chi connectivity index (χ1v) is 14.9. The van der Waals surface area contributed by atoms with Crippen LogP contribution in [0.3, 0.4) is 0 Å². The van der Waals surface area contributed by atoms with Gasteiger partial charge in [0.15, 0.2) is 0 Å². The number of carboxylic acid groups (broad SMARTS) is 2. The molecule has 0 aliphatic heterocycles. The van der Waals surface area contributed by atoms with Gasteiger partial charge < -0.3 is 19.8 Å². The molecule has 0 saturated carbocycles. The van der Waals surface area contributed by atoms with Gasteiger partial charge in [-0.15, -0.1) is 0 Å². The first kappa shape index (κ1) is 28.3. The molecule has 0 saturated heterocycles. The summed E-state index contributed by atoms with van der Waals surface area (Å²) in [5.41, 5.74) is 0. The van der Waals surface area contributed by atoms with Gasteiger partial charge in [-0.05, 0) is 12.8 Å². The van der Waals surface area contributed by atoms with Crippen molar-refractivity contribution in [3.05, 3.63) is 0 Å². The van der Waals surface area contributed by atoms with Crippen LogP contribution in [0.2, 0.25) is 9.88 Å². The third-order valence-corrected chi connectivity index (χ3v) is 3.64. The van der Waals surface area contributed by atoms with Crippen molar-refractivity contribution in [3.8, 4) is 0 Å². The molecule has 2 atom stereocenters. The molecule has 0 spiro atoms. The van der Waals surface area contributed by atoms with Gasteiger partial charge in [-0.2, -0.15) is 25.3 Å². The number of thiol groups is 2. The van der Waals surface area contributed by atoms with E-state index in [1.165, 1.54) is 0 Å². The second kappa shape index (κ2) is 22.4. The van der Waals surface area contributed by atoms with Crippen LogP contribution >= 0.6 is 25.3 Å². The Morgan fingerprint density at radius 1 is 0.826 bits per heavy atom. The van der Waals surface area contributed by atoms with Gasteiger partial charge in [-0.25, -0.2) is 0 Å². The van der Waals surface area contributed by atoms with E-state index in [0.717, 1.165) is 38.5 Å². The summed E-state index contributed by atoms with van der Waals surface area (Å²) < 4.78 is 0. The van der Waals surface area contributed by atoms with Crippen LogP contribution in [0.4, 0.5) is 0 Å². The van der Waals surface area contributed by atoms with Crippen molar-refractivity contribution in [1.82, 2.24) is 0 Å². The summed E-state index contributed by atoms with van der Waals surface area (Å²) in [5, 5.41) is 19.1. The van der Waals surface area contributed by atoms with Crippen molar-refractivity contribution in [3.63, 3.8) is 0 Å². The third kappa shape index (κ3) is 27.6. The van der Waals surface area contributed by atoms with Crippen molar-refractivity contribution in [1.29, 1.82) is 0 Å². The van der Waals surface area contributed by atoms with E-state index < -0.39 is 22.4 Å². The molecular weight excluding hydrogens is 439 g/mol. The zero-order chi connectivity index (χ0) is 18.7. The molecule has 0 rings (SSSR count). The number of carbonyl (C=O) groups excluding carboxylic acids is 2. The van der Waals surface area contributed by atoms with Crippen molar-refractivity contribution in [2.45, 2.75) is 85.6 Å². The SMILES string of the molecule is CCCCCC(S)C(=O)[O-].CCCCCC(S)C(=O)[O-].[CH3][Sn+2][CH3]. The Morgan fingerprint density at radius 2 is 1.09 bits per heavy atom. The second-order valence-electron chi connectivity index (χ2n) is 5.16. The van der Waals surface area contributed by atoms with E-state index in [-0.39, 0.29) is 21.1 Å². The van der Waals surface area contributed by atoms with Gasteiger partial charge in [0.1, 0.15) is 0 Å². The Labute approximate surface area is 163 Å². The van der Waals surface area contributed by atoms with E-state index in [1.807, 2.05) is 0 Å². The van der Waals surface area contributed by atoms with E-state index in [1.54, 1.807) is 0 Å². The fourth-order valence-corrected chi connectivity index (χ4v) is 1.78. The average Bonchev–Trinajstić information content (AvgIpc) is 2.48. The van der Waals surface area contributed by atoms with Gasteiger partial charge in [0, 0.05) is 10.5 Å². The summed E-state index contributed by atoms with van der Waals surface area (Å²) in [4.78, 5) is 24.8. The number of carbonyl (C=O) groups is 2. The van der Waals surface area contributed by atoms with E-state index in [2.05, 4.69) is 49.0 Å². The molecular formula is C16H32O4S2Sn. The van der Waals surface area contributed by atoms with Gasteiger partial charge in [-0.1, -0.05) is 52.4 Å². The zero-order valence-electron chi connectivity index (χ0n) is 14.8.